The molecule has 0 aliphatic heterocycles. The van der Waals surface area contributed by atoms with Gasteiger partial charge in [0.15, 0.2) is 5.69 Å². The zero-order chi connectivity index (χ0) is 13.7. The molecule has 0 aliphatic rings. The molecule has 2 aromatic heterocycles. The molecule has 0 aliphatic carbocycles. The molecule has 0 unspecified atom stereocenters. The number of hydrogen-bond donors (Lipinski definition) is 2. The van der Waals surface area contributed by atoms with Crippen LogP contribution in [-0.4, -0.2) is 32.7 Å². The monoisotopic (exact) mass is 277 g/mol. The van der Waals surface area contributed by atoms with E-state index in [4.69, 9.17) is 0 Å². The predicted molar refractivity (Wildman–Crippen MR) is 74.4 cm³/mol. The van der Waals surface area contributed by atoms with E-state index in [-0.39, 0.29) is 5.91 Å². The lowest BCUT2D eigenvalue weighted by Gasteiger charge is -2.09. The lowest BCUT2D eigenvalue weighted by Crippen LogP contribution is -2.29. The summed E-state index contributed by atoms with van der Waals surface area (Å²) in [5.41, 5.74) is 3.18. The average molecular weight is 277 g/mol. The van der Waals surface area contributed by atoms with Crippen molar-refractivity contribution in [1.29, 1.82) is 0 Å². The maximum Gasteiger partial charge on any atom is 0.273 e. The summed E-state index contributed by atoms with van der Waals surface area (Å²) in [6.45, 7) is 4.93. The summed E-state index contributed by atoms with van der Waals surface area (Å²) in [4.78, 5) is 15.8. The molecule has 19 heavy (non-hydrogen) atoms. The van der Waals surface area contributed by atoms with Crippen LogP contribution in [0.2, 0.25) is 0 Å². The summed E-state index contributed by atoms with van der Waals surface area (Å²) in [6.07, 6.45) is 3.53. The number of aryl methyl sites for hydroxylation is 2. The van der Waals surface area contributed by atoms with Gasteiger partial charge < -0.3 is 10.6 Å². The van der Waals surface area contributed by atoms with Crippen LogP contribution in [0.3, 0.4) is 0 Å². The van der Waals surface area contributed by atoms with Gasteiger partial charge in [0.05, 0.1) is 17.4 Å². The van der Waals surface area contributed by atoms with Gasteiger partial charge in [-0.05, 0) is 25.5 Å². The van der Waals surface area contributed by atoms with Crippen molar-refractivity contribution in [3.05, 3.63) is 35.4 Å². The van der Waals surface area contributed by atoms with Crippen LogP contribution in [0, 0.1) is 13.8 Å². The van der Waals surface area contributed by atoms with E-state index >= 15 is 0 Å². The second-order valence-electron chi connectivity index (χ2n) is 4.07. The first-order chi connectivity index (χ1) is 9.18. The number of carbonyl (C=O) groups is 1. The smallest absolute Gasteiger partial charge is 0.273 e. The number of rotatable bonds is 5. The van der Waals surface area contributed by atoms with E-state index in [1.54, 1.807) is 19.3 Å². The first-order valence-electron chi connectivity index (χ1n) is 5.90. The molecular formula is C12H15N5OS. The van der Waals surface area contributed by atoms with E-state index in [1.165, 1.54) is 0 Å². The minimum absolute atomic E-state index is 0.181. The van der Waals surface area contributed by atoms with Gasteiger partial charge in [-0.25, -0.2) is 0 Å². The van der Waals surface area contributed by atoms with Gasteiger partial charge in [0.1, 0.15) is 0 Å². The average Bonchev–Trinajstić information content (AvgIpc) is 2.82. The molecule has 100 valence electrons. The molecule has 6 nitrogen and oxygen atoms in total. The van der Waals surface area contributed by atoms with E-state index in [0.717, 1.165) is 23.0 Å². The molecule has 2 rings (SSSR count). The number of anilines is 1. The Balaban J connectivity index is 1.77. The third-order valence-electron chi connectivity index (χ3n) is 2.61. The van der Waals surface area contributed by atoms with Gasteiger partial charge in [0, 0.05) is 31.2 Å². The highest BCUT2D eigenvalue weighted by Crippen LogP contribution is 2.10. The van der Waals surface area contributed by atoms with Crippen molar-refractivity contribution in [2.24, 2.45) is 0 Å². The standard InChI is InChI=1S/C12H15N5OS/c1-8-7-13-4-3-10(8)14-5-6-15-12(18)11-9(2)16-19-17-11/h3-4,7H,5-6H2,1-2H3,(H,13,14)(H,15,18). The van der Waals surface area contributed by atoms with E-state index in [2.05, 4.69) is 24.4 Å². The van der Waals surface area contributed by atoms with Crippen LogP contribution in [-0.2, 0) is 0 Å². The van der Waals surface area contributed by atoms with E-state index < -0.39 is 0 Å². The fourth-order valence-electron chi connectivity index (χ4n) is 1.57. The molecule has 0 saturated carbocycles. The normalized spacial score (nSPS) is 10.2. The van der Waals surface area contributed by atoms with Crippen molar-refractivity contribution in [3.63, 3.8) is 0 Å². The Hall–Kier alpha value is -2.02. The Labute approximate surface area is 115 Å². The van der Waals surface area contributed by atoms with Crippen molar-refractivity contribution in [2.75, 3.05) is 18.4 Å². The van der Waals surface area contributed by atoms with E-state index in [1.807, 2.05) is 13.0 Å². The SMILES string of the molecule is Cc1cnccc1NCCNC(=O)c1nsnc1C. The van der Waals surface area contributed by atoms with Crippen LogP contribution in [0.5, 0.6) is 0 Å². The molecule has 0 bridgehead atoms. The van der Waals surface area contributed by atoms with Crippen molar-refractivity contribution in [1.82, 2.24) is 19.0 Å². The second kappa shape index (κ2) is 6.24. The summed E-state index contributed by atoms with van der Waals surface area (Å²) in [5, 5.41) is 6.04. The van der Waals surface area contributed by atoms with Gasteiger partial charge in [-0.1, -0.05) is 0 Å². The van der Waals surface area contributed by atoms with Crippen LogP contribution in [0.15, 0.2) is 18.5 Å². The molecule has 0 fully saturated rings. The molecule has 2 N–H and O–H groups in total. The molecule has 0 radical (unpaired) electrons. The third-order valence-corrected chi connectivity index (χ3v) is 3.23. The maximum atomic E-state index is 11.8. The largest absolute Gasteiger partial charge is 0.383 e. The number of pyridine rings is 1. The van der Waals surface area contributed by atoms with E-state index in [9.17, 15) is 4.79 Å². The van der Waals surface area contributed by atoms with Gasteiger partial charge in [0.2, 0.25) is 0 Å². The highest BCUT2D eigenvalue weighted by molar-refractivity contribution is 6.99. The van der Waals surface area contributed by atoms with Crippen LogP contribution >= 0.6 is 11.7 Å². The Morgan fingerprint density at radius 3 is 2.84 bits per heavy atom. The van der Waals surface area contributed by atoms with Crippen molar-refractivity contribution in [3.8, 4) is 0 Å². The molecule has 0 spiro atoms. The first-order valence-corrected chi connectivity index (χ1v) is 6.63. The lowest BCUT2D eigenvalue weighted by atomic mass is 10.2. The molecule has 0 atom stereocenters. The van der Waals surface area contributed by atoms with Crippen molar-refractivity contribution < 1.29 is 4.79 Å². The first kappa shape index (κ1) is 13.4. The summed E-state index contributed by atoms with van der Waals surface area (Å²) in [5.74, 6) is -0.181. The van der Waals surface area contributed by atoms with Gasteiger partial charge in [-0.2, -0.15) is 8.75 Å². The molecular weight excluding hydrogens is 262 g/mol. The van der Waals surface area contributed by atoms with Crippen molar-refractivity contribution >= 4 is 23.3 Å². The van der Waals surface area contributed by atoms with E-state index in [0.29, 0.717) is 24.5 Å². The molecule has 2 heterocycles. The maximum absolute atomic E-state index is 11.8. The lowest BCUT2D eigenvalue weighted by molar-refractivity contribution is 0.0950. The summed E-state index contributed by atoms with van der Waals surface area (Å²) < 4.78 is 7.93. The number of aromatic nitrogens is 3. The topological polar surface area (TPSA) is 79.8 Å². The Bertz CT molecular complexity index is 569. The Morgan fingerprint density at radius 1 is 1.32 bits per heavy atom. The zero-order valence-corrected chi connectivity index (χ0v) is 11.6. The Morgan fingerprint density at radius 2 is 2.16 bits per heavy atom. The summed E-state index contributed by atoms with van der Waals surface area (Å²) in [7, 11) is 0. The predicted octanol–water partition coefficient (Wildman–Crippen LogP) is 1.39. The fourth-order valence-corrected chi connectivity index (χ4v) is 2.11. The minimum atomic E-state index is -0.181. The quantitative estimate of drug-likeness (QED) is 0.807. The third kappa shape index (κ3) is 3.47. The van der Waals surface area contributed by atoms with Crippen LogP contribution in [0.1, 0.15) is 21.7 Å². The van der Waals surface area contributed by atoms with Gasteiger partial charge >= 0.3 is 0 Å². The van der Waals surface area contributed by atoms with Gasteiger partial charge in [0.25, 0.3) is 5.91 Å². The zero-order valence-electron chi connectivity index (χ0n) is 10.8. The second-order valence-corrected chi connectivity index (χ2v) is 4.60. The highest BCUT2D eigenvalue weighted by Gasteiger charge is 2.12. The van der Waals surface area contributed by atoms with Crippen molar-refractivity contribution in [2.45, 2.75) is 13.8 Å². The fraction of sp³-hybridized carbons (Fsp3) is 0.333. The molecule has 0 aromatic carbocycles. The van der Waals surface area contributed by atoms with Gasteiger partial charge in [-0.3, -0.25) is 9.78 Å². The van der Waals surface area contributed by atoms with Crippen LogP contribution < -0.4 is 10.6 Å². The summed E-state index contributed by atoms with van der Waals surface area (Å²) in [6, 6.07) is 1.91. The molecule has 7 heteroatoms. The minimum Gasteiger partial charge on any atom is -0.383 e. The molecule has 1 amide bonds. The highest BCUT2D eigenvalue weighted by atomic mass is 32.1. The summed E-state index contributed by atoms with van der Waals surface area (Å²) >= 11 is 1.05. The number of nitrogens with zero attached hydrogens (tertiary/aromatic N) is 3. The molecule has 2 aromatic rings. The Kier molecular flexibility index (Phi) is 4.40. The van der Waals surface area contributed by atoms with Gasteiger partial charge in [-0.15, -0.1) is 0 Å². The number of amides is 1. The number of hydrogen-bond acceptors (Lipinski definition) is 6. The van der Waals surface area contributed by atoms with Crippen LogP contribution in [0.25, 0.3) is 0 Å². The molecule has 0 saturated heterocycles. The van der Waals surface area contributed by atoms with Crippen LogP contribution in [0.4, 0.5) is 5.69 Å². The number of carbonyl (C=O) groups excluding carboxylic acids is 1. The number of nitrogens with one attached hydrogen (secondary N) is 2.